The summed E-state index contributed by atoms with van der Waals surface area (Å²) in [6.07, 6.45) is 6.06. The van der Waals surface area contributed by atoms with Gasteiger partial charge in [-0.25, -0.2) is 9.97 Å². The monoisotopic (exact) mass is 378 g/mol. The summed E-state index contributed by atoms with van der Waals surface area (Å²) in [5.41, 5.74) is 2.39. The fourth-order valence-electron chi connectivity index (χ4n) is 2.27. The van der Waals surface area contributed by atoms with Crippen molar-refractivity contribution in [2.24, 2.45) is 0 Å². The zero-order chi connectivity index (χ0) is 13.7. The Kier molecular flexibility index (Phi) is 2.66. The second kappa shape index (κ2) is 4.41. The predicted molar refractivity (Wildman–Crippen MR) is 83.7 cm³/mol. The average Bonchev–Trinajstić information content (AvgIpc) is 3.19. The summed E-state index contributed by atoms with van der Waals surface area (Å²) >= 11 is 2.08. The minimum atomic E-state index is -0.0745. The van der Waals surface area contributed by atoms with Gasteiger partial charge in [0.15, 0.2) is 5.82 Å². The van der Waals surface area contributed by atoms with E-state index in [1.54, 1.807) is 0 Å². The molecular weight excluding hydrogens is 367 g/mol. The van der Waals surface area contributed by atoms with Crippen LogP contribution in [0.25, 0.3) is 17.2 Å². The maximum atomic E-state index is 12.0. The van der Waals surface area contributed by atoms with Crippen LogP contribution in [0.5, 0.6) is 0 Å². The van der Waals surface area contributed by atoms with Gasteiger partial charge in [0.05, 0.1) is 5.69 Å². The Balaban J connectivity index is 1.91. The van der Waals surface area contributed by atoms with E-state index in [0.29, 0.717) is 21.0 Å². The van der Waals surface area contributed by atoms with Gasteiger partial charge < -0.3 is 9.38 Å². The third kappa shape index (κ3) is 1.94. The highest BCUT2D eigenvalue weighted by Crippen LogP contribution is 2.40. The number of nitrogens with one attached hydrogen (secondary N) is 1. The Bertz CT molecular complexity index is 830. The fourth-order valence-corrected chi connectivity index (χ4v) is 2.97. The third-order valence-electron chi connectivity index (χ3n) is 3.46. The number of aromatic amines is 1. The molecule has 3 aromatic rings. The number of hydrogen-bond acceptors (Lipinski definition) is 3. The van der Waals surface area contributed by atoms with Crippen LogP contribution in [0.15, 0.2) is 35.4 Å². The highest BCUT2D eigenvalue weighted by molar-refractivity contribution is 14.1. The largest absolute Gasteiger partial charge is 0.306 e. The van der Waals surface area contributed by atoms with E-state index in [1.165, 1.54) is 0 Å². The molecule has 1 aliphatic rings. The van der Waals surface area contributed by atoms with Crippen LogP contribution in [-0.2, 0) is 0 Å². The molecule has 1 N–H and O–H groups in total. The van der Waals surface area contributed by atoms with Crippen LogP contribution < -0.4 is 5.56 Å². The molecule has 0 radical (unpaired) electrons. The number of halogens is 1. The SMILES string of the molecule is O=c1[nH]c(-c2cn3ccccc3n2)nc(C2CC2)c1I. The van der Waals surface area contributed by atoms with Crippen molar-refractivity contribution in [2.75, 3.05) is 0 Å². The van der Waals surface area contributed by atoms with Gasteiger partial charge in [-0.05, 0) is 47.6 Å². The first kappa shape index (κ1) is 12.1. The number of rotatable bonds is 2. The molecule has 1 aliphatic carbocycles. The molecule has 5 nitrogen and oxygen atoms in total. The molecule has 0 bridgehead atoms. The van der Waals surface area contributed by atoms with Crippen molar-refractivity contribution < 1.29 is 0 Å². The quantitative estimate of drug-likeness (QED) is 0.698. The maximum absolute atomic E-state index is 12.0. The Labute approximate surface area is 128 Å². The van der Waals surface area contributed by atoms with E-state index in [0.717, 1.165) is 24.2 Å². The van der Waals surface area contributed by atoms with Crippen molar-refractivity contribution in [3.8, 4) is 11.5 Å². The summed E-state index contributed by atoms with van der Waals surface area (Å²) < 4.78 is 2.63. The molecule has 0 amide bonds. The van der Waals surface area contributed by atoms with E-state index in [1.807, 2.05) is 35.0 Å². The van der Waals surface area contributed by atoms with Crippen LogP contribution >= 0.6 is 22.6 Å². The number of pyridine rings is 1. The lowest BCUT2D eigenvalue weighted by Crippen LogP contribution is -2.16. The third-order valence-corrected chi connectivity index (χ3v) is 4.50. The summed E-state index contributed by atoms with van der Waals surface area (Å²) in [4.78, 5) is 24.0. The van der Waals surface area contributed by atoms with Crippen LogP contribution in [0.2, 0.25) is 0 Å². The van der Waals surface area contributed by atoms with E-state index < -0.39 is 0 Å². The van der Waals surface area contributed by atoms with Gasteiger partial charge in [-0.3, -0.25) is 4.79 Å². The first-order valence-corrected chi connectivity index (χ1v) is 7.54. The Morgan fingerprint density at radius 2 is 2.15 bits per heavy atom. The standard InChI is InChI=1S/C14H11IN4O/c15-11-12(8-4-5-8)17-13(18-14(11)20)9-7-19-6-2-1-3-10(19)16-9/h1-3,6-8H,4-5H2,(H,17,18,20). The molecule has 0 aromatic carbocycles. The number of aromatic nitrogens is 4. The van der Waals surface area contributed by atoms with E-state index in [4.69, 9.17) is 0 Å². The highest BCUT2D eigenvalue weighted by Gasteiger charge is 2.29. The van der Waals surface area contributed by atoms with Gasteiger partial charge in [-0.2, -0.15) is 0 Å². The van der Waals surface area contributed by atoms with Crippen molar-refractivity contribution in [1.82, 2.24) is 19.4 Å². The molecule has 1 fully saturated rings. The Morgan fingerprint density at radius 3 is 2.90 bits per heavy atom. The van der Waals surface area contributed by atoms with Crippen molar-refractivity contribution >= 4 is 28.2 Å². The minimum Gasteiger partial charge on any atom is -0.306 e. The second-order valence-corrected chi connectivity index (χ2v) is 6.06. The first-order chi connectivity index (χ1) is 9.72. The lowest BCUT2D eigenvalue weighted by molar-refractivity contribution is 0.954. The summed E-state index contributed by atoms with van der Waals surface area (Å²) in [5.74, 6) is 1.00. The van der Waals surface area contributed by atoms with Crippen LogP contribution in [0.3, 0.4) is 0 Å². The maximum Gasteiger partial charge on any atom is 0.264 e. The Morgan fingerprint density at radius 1 is 1.30 bits per heavy atom. The molecule has 3 heterocycles. The molecular formula is C14H11IN4O. The highest BCUT2D eigenvalue weighted by atomic mass is 127. The second-order valence-electron chi connectivity index (χ2n) is 4.98. The van der Waals surface area contributed by atoms with Gasteiger partial charge in [-0.1, -0.05) is 6.07 Å². The number of H-pyrrole nitrogens is 1. The molecule has 3 aromatic heterocycles. The van der Waals surface area contributed by atoms with Crippen molar-refractivity contribution in [2.45, 2.75) is 18.8 Å². The molecule has 0 aliphatic heterocycles. The number of fused-ring (bicyclic) bond motifs is 1. The summed E-state index contributed by atoms with van der Waals surface area (Å²) in [7, 11) is 0. The fraction of sp³-hybridized carbons (Fsp3) is 0.214. The van der Waals surface area contributed by atoms with Gasteiger partial charge in [0.1, 0.15) is 14.9 Å². The predicted octanol–water partition coefficient (Wildman–Crippen LogP) is 2.57. The zero-order valence-electron chi connectivity index (χ0n) is 10.5. The summed E-state index contributed by atoms with van der Waals surface area (Å²) in [6, 6.07) is 5.81. The molecule has 20 heavy (non-hydrogen) atoms. The molecule has 0 atom stereocenters. The topological polar surface area (TPSA) is 63.0 Å². The van der Waals surface area contributed by atoms with E-state index >= 15 is 0 Å². The molecule has 1 saturated carbocycles. The van der Waals surface area contributed by atoms with Gasteiger partial charge in [-0.15, -0.1) is 0 Å². The number of imidazole rings is 1. The van der Waals surface area contributed by atoms with Gasteiger partial charge in [0, 0.05) is 18.3 Å². The molecule has 0 spiro atoms. The smallest absolute Gasteiger partial charge is 0.264 e. The van der Waals surface area contributed by atoms with Crippen LogP contribution in [0, 0.1) is 3.57 Å². The first-order valence-electron chi connectivity index (χ1n) is 6.46. The van der Waals surface area contributed by atoms with Crippen molar-refractivity contribution in [3.05, 3.63) is 50.2 Å². The Hall–Kier alpha value is -1.70. The zero-order valence-corrected chi connectivity index (χ0v) is 12.7. The van der Waals surface area contributed by atoms with E-state index in [9.17, 15) is 4.79 Å². The van der Waals surface area contributed by atoms with Gasteiger partial charge in [0.2, 0.25) is 0 Å². The average molecular weight is 378 g/mol. The molecule has 0 unspecified atom stereocenters. The van der Waals surface area contributed by atoms with Crippen LogP contribution in [-0.4, -0.2) is 19.4 Å². The van der Waals surface area contributed by atoms with Crippen molar-refractivity contribution in [3.63, 3.8) is 0 Å². The van der Waals surface area contributed by atoms with Crippen molar-refractivity contribution in [1.29, 1.82) is 0 Å². The van der Waals surface area contributed by atoms with Gasteiger partial charge in [0.25, 0.3) is 5.56 Å². The van der Waals surface area contributed by atoms with Crippen LogP contribution in [0.4, 0.5) is 0 Å². The molecule has 4 rings (SSSR count). The number of nitrogens with zero attached hydrogens (tertiary/aromatic N) is 3. The molecule has 6 heteroatoms. The van der Waals surface area contributed by atoms with Gasteiger partial charge >= 0.3 is 0 Å². The molecule has 0 saturated heterocycles. The van der Waals surface area contributed by atoms with Crippen LogP contribution in [0.1, 0.15) is 24.5 Å². The van der Waals surface area contributed by atoms with E-state index in [-0.39, 0.29) is 5.56 Å². The lowest BCUT2D eigenvalue weighted by Gasteiger charge is -2.03. The summed E-state index contributed by atoms with van der Waals surface area (Å²) in [5, 5.41) is 0. The lowest BCUT2D eigenvalue weighted by atomic mass is 10.3. The minimum absolute atomic E-state index is 0.0745. The normalized spacial score (nSPS) is 14.8. The van der Waals surface area contributed by atoms with E-state index in [2.05, 4.69) is 37.5 Å². The molecule has 100 valence electrons. The number of hydrogen-bond donors (Lipinski definition) is 1. The summed E-state index contributed by atoms with van der Waals surface area (Å²) in [6.45, 7) is 0.